The molecule has 0 aromatic carbocycles. The topological polar surface area (TPSA) is 46.5 Å². The minimum Gasteiger partial charge on any atom is -0.376 e. The number of nitrogens with zero attached hydrogens (tertiary/aromatic N) is 3. The molecule has 0 aliphatic heterocycles. The highest BCUT2D eigenvalue weighted by atomic mass is 28.4. The van der Waals surface area contributed by atoms with Crippen molar-refractivity contribution < 1.29 is 13.3 Å². The van der Waals surface area contributed by atoms with Gasteiger partial charge in [0, 0.05) is 49.5 Å². The van der Waals surface area contributed by atoms with Crippen LogP contribution in [-0.2, 0) is 13.3 Å². The molecular weight excluding hydrogens is 250 g/mol. The Balaban J connectivity index is 5.29. The van der Waals surface area contributed by atoms with Crippen molar-refractivity contribution in [3.8, 4) is 0 Å². The highest BCUT2D eigenvalue weighted by Crippen LogP contribution is 2.20. The molecule has 6 nitrogen and oxygen atoms in total. The predicted octanol–water partition coefficient (Wildman–Crippen LogP) is 0.662. The molecule has 0 N–H and O–H groups in total. The zero-order valence-electron chi connectivity index (χ0n) is 12.9. The van der Waals surface area contributed by atoms with Crippen molar-refractivity contribution in [2.75, 3.05) is 49.5 Å². The summed E-state index contributed by atoms with van der Waals surface area (Å²) >= 11 is 0. The van der Waals surface area contributed by atoms with E-state index in [2.05, 4.69) is 16.8 Å². The van der Waals surface area contributed by atoms with Gasteiger partial charge < -0.3 is 23.1 Å². The fraction of sp³-hybridized carbons (Fsp3) is 0.909. The molecular formula is C11H27N3O3Si. The predicted molar refractivity (Wildman–Crippen MR) is 75.7 cm³/mol. The van der Waals surface area contributed by atoms with Gasteiger partial charge in [0.1, 0.15) is 5.67 Å². The Morgan fingerprint density at radius 2 is 1.56 bits per heavy atom. The molecule has 0 aliphatic carbocycles. The van der Waals surface area contributed by atoms with E-state index >= 15 is 0 Å². The summed E-state index contributed by atoms with van der Waals surface area (Å²) in [7, 11) is 9.86. The summed E-state index contributed by atoms with van der Waals surface area (Å²) in [5.41, 5.74) is 0.0265. The van der Waals surface area contributed by atoms with Gasteiger partial charge in [0.25, 0.3) is 0 Å². The van der Waals surface area contributed by atoms with E-state index in [4.69, 9.17) is 13.3 Å². The zero-order chi connectivity index (χ0) is 14.3. The monoisotopic (exact) mass is 277 g/mol. The maximum atomic E-state index is 5.56. The number of guanidine groups is 1. The van der Waals surface area contributed by atoms with Crippen LogP contribution in [0.15, 0.2) is 4.99 Å². The number of hydrogen-bond acceptors (Lipinski definition) is 4. The van der Waals surface area contributed by atoms with E-state index < -0.39 is 8.80 Å². The third-order valence-corrected chi connectivity index (χ3v) is 6.35. The van der Waals surface area contributed by atoms with E-state index in [9.17, 15) is 0 Å². The van der Waals surface area contributed by atoms with E-state index in [0.717, 1.165) is 12.4 Å². The maximum absolute atomic E-state index is 5.56. The van der Waals surface area contributed by atoms with Crippen molar-refractivity contribution in [3.63, 3.8) is 0 Å². The molecule has 0 aromatic rings. The van der Waals surface area contributed by atoms with Crippen molar-refractivity contribution in [1.82, 2.24) is 9.80 Å². The maximum Gasteiger partial charge on any atom is 0.523 e. The Hall–Kier alpha value is -0.633. The first-order chi connectivity index (χ1) is 8.43. The molecule has 0 fully saturated rings. The average Bonchev–Trinajstić information content (AvgIpc) is 2.36. The summed E-state index contributed by atoms with van der Waals surface area (Å²) in [5.74, 6) is 0.866. The van der Waals surface area contributed by atoms with E-state index in [-0.39, 0.29) is 5.67 Å². The molecule has 0 aliphatic rings. The van der Waals surface area contributed by atoms with Crippen LogP contribution in [0.25, 0.3) is 0 Å². The lowest BCUT2D eigenvalue weighted by Crippen LogP contribution is -2.62. The van der Waals surface area contributed by atoms with E-state index in [0.29, 0.717) is 0 Å². The van der Waals surface area contributed by atoms with Gasteiger partial charge in [-0.1, -0.05) is 6.92 Å². The van der Waals surface area contributed by atoms with Crippen molar-refractivity contribution in [2.24, 2.45) is 4.99 Å². The molecule has 0 aromatic heterocycles. The standard InChI is InChI=1S/C11H27N3O3Si/c1-9-10(18(15-6,16-7)17-8)14(5)11(12-2)13(3)4/h10H,9H2,1-8H3/b12-11+. The van der Waals surface area contributed by atoms with Crippen molar-refractivity contribution in [3.05, 3.63) is 0 Å². The lowest BCUT2D eigenvalue weighted by Gasteiger charge is -2.40. The molecule has 0 saturated carbocycles. The number of hydrogen-bond donors (Lipinski definition) is 0. The Labute approximate surface area is 112 Å². The molecule has 0 saturated heterocycles. The molecule has 7 heteroatoms. The van der Waals surface area contributed by atoms with Crippen LogP contribution in [0.1, 0.15) is 13.3 Å². The normalized spacial score (nSPS) is 14.6. The molecule has 1 atom stereocenters. The minimum atomic E-state index is -2.72. The molecule has 0 radical (unpaired) electrons. The van der Waals surface area contributed by atoms with Crippen LogP contribution in [0.5, 0.6) is 0 Å². The molecule has 0 spiro atoms. The fourth-order valence-corrected chi connectivity index (χ4v) is 4.64. The second-order valence-corrected chi connectivity index (χ2v) is 7.27. The van der Waals surface area contributed by atoms with Gasteiger partial charge in [0.2, 0.25) is 0 Å². The molecule has 0 heterocycles. The molecule has 0 amide bonds. The lowest BCUT2D eigenvalue weighted by atomic mass is 10.4. The van der Waals surface area contributed by atoms with E-state index in [1.165, 1.54) is 0 Å². The first-order valence-electron chi connectivity index (χ1n) is 5.96. The Bertz CT molecular complexity index is 262. The van der Waals surface area contributed by atoms with Crippen molar-refractivity contribution >= 4 is 14.8 Å². The van der Waals surface area contributed by atoms with Gasteiger partial charge in [-0.3, -0.25) is 4.99 Å². The first-order valence-corrected chi connectivity index (χ1v) is 7.76. The summed E-state index contributed by atoms with van der Waals surface area (Å²) in [6.45, 7) is 2.09. The number of rotatable bonds is 6. The van der Waals surface area contributed by atoms with Gasteiger partial charge in [-0.2, -0.15) is 0 Å². The summed E-state index contributed by atoms with van der Waals surface area (Å²) in [6.07, 6.45) is 0.852. The van der Waals surface area contributed by atoms with Crippen LogP contribution in [0.4, 0.5) is 0 Å². The highest BCUT2D eigenvalue weighted by molar-refractivity contribution is 6.62. The van der Waals surface area contributed by atoms with Crippen LogP contribution >= 0.6 is 0 Å². The zero-order valence-corrected chi connectivity index (χ0v) is 13.9. The van der Waals surface area contributed by atoms with Gasteiger partial charge in [-0.15, -0.1) is 0 Å². The smallest absolute Gasteiger partial charge is 0.376 e. The van der Waals surface area contributed by atoms with Crippen molar-refractivity contribution in [1.29, 1.82) is 0 Å². The second kappa shape index (κ2) is 7.73. The van der Waals surface area contributed by atoms with E-state index in [1.54, 1.807) is 28.4 Å². The molecule has 1 unspecified atom stereocenters. The van der Waals surface area contributed by atoms with Crippen LogP contribution in [0, 0.1) is 0 Å². The fourth-order valence-electron chi connectivity index (χ4n) is 2.23. The van der Waals surface area contributed by atoms with Gasteiger partial charge in [-0.05, 0) is 6.42 Å². The van der Waals surface area contributed by atoms with Crippen LogP contribution in [0.2, 0.25) is 0 Å². The van der Waals surface area contributed by atoms with Crippen molar-refractivity contribution in [2.45, 2.75) is 19.0 Å². The molecule has 108 valence electrons. The molecule has 18 heavy (non-hydrogen) atoms. The Morgan fingerprint density at radius 3 is 1.78 bits per heavy atom. The minimum absolute atomic E-state index is 0.0265. The first kappa shape index (κ1) is 17.4. The third kappa shape index (κ3) is 3.44. The lowest BCUT2D eigenvalue weighted by molar-refractivity contribution is 0.0920. The van der Waals surface area contributed by atoms with Crippen LogP contribution < -0.4 is 0 Å². The van der Waals surface area contributed by atoms with Crippen LogP contribution in [-0.4, -0.2) is 79.7 Å². The largest absolute Gasteiger partial charge is 0.523 e. The molecule has 0 bridgehead atoms. The quantitative estimate of drug-likeness (QED) is 0.405. The second-order valence-electron chi connectivity index (χ2n) is 4.17. The third-order valence-electron chi connectivity index (χ3n) is 3.03. The number of aliphatic imine (C=N–C) groups is 1. The SMILES string of the molecule is CCC(N(C)/C(=N/C)N(C)C)[Si](OC)(OC)OC. The summed E-state index contributed by atoms with van der Waals surface area (Å²) in [4.78, 5) is 8.32. The Kier molecular flexibility index (Phi) is 7.45. The van der Waals surface area contributed by atoms with Gasteiger partial charge in [0.15, 0.2) is 5.96 Å². The van der Waals surface area contributed by atoms with Crippen LogP contribution in [0.3, 0.4) is 0 Å². The van der Waals surface area contributed by atoms with Gasteiger partial charge >= 0.3 is 8.80 Å². The van der Waals surface area contributed by atoms with Gasteiger partial charge in [0.05, 0.1) is 0 Å². The van der Waals surface area contributed by atoms with E-state index in [1.807, 2.05) is 26.0 Å². The summed E-state index contributed by atoms with van der Waals surface area (Å²) in [5, 5.41) is 0. The summed E-state index contributed by atoms with van der Waals surface area (Å²) in [6, 6.07) is 0. The van der Waals surface area contributed by atoms with Gasteiger partial charge in [-0.25, -0.2) is 0 Å². The molecule has 0 rings (SSSR count). The highest BCUT2D eigenvalue weighted by Gasteiger charge is 2.49. The Morgan fingerprint density at radius 1 is 1.11 bits per heavy atom. The summed E-state index contributed by atoms with van der Waals surface area (Å²) < 4.78 is 16.7. The average molecular weight is 277 g/mol.